The Bertz CT molecular complexity index is 458. The standard InChI is InChI=1S/C14H18FNO3/c15-12-6-7-13(16(18)19)11(9-12)5-8-14(17)10-3-1-2-4-10/h6-7,9-10,14,17H,1-5,8H2. The van der Waals surface area contributed by atoms with Gasteiger partial charge in [-0.05, 0) is 43.7 Å². The lowest BCUT2D eigenvalue weighted by Gasteiger charge is -2.17. The van der Waals surface area contributed by atoms with Crippen molar-refractivity contribution in [3.05, 3.63) is 39.7 Å². The van der Waals surface area contributed by atoms with Crippen molar-refractivity contribution in [2.45, 2.75) is 44.6 Å². The van der Waals surface area contributed by atoms with E-state index >= 15 is 0 Å². The van der Waals surface area contributed by atoms with E-state index < -0.39 is 16.8 Å². The second kappa shape index (κ2) is 6.10. The Morgan fingerprint density at radius 3 is 2.74 bits per heavy atom. The Kier molecular flexibility index (Phi) is 4.47. The van der Waals surface area contributed by atoms with Crippen LogP contribution in [0.4, 0.5) is 10.1 Å². The average molecular weight is 267 g/mol. The minimum Gasteiger partial charge on any atom is -0.393 e. The molecule has 1 unspecified atom stereocenters. The number of halogens is 1. The summed E-state index contributed by atoms with van der Waals surface area (Å²) in [5.74, 6) is -0.177. The van der Waals surface area contributed by atoms with Crippen LogP contribution in [0.2, 0.25) is 0 Å². The van der Waals surface area contributed by atoms with Crippen molar-refractivity contribution in [3.8, 4) is 0 Å². The molecule has 1 atom stereocenters. The minimum absolute atomic E-state index is 0.0694. The van der Waals surface area contributed by atoms with Crippen molar-refractivity contribution in [1.29, 1.82) is 0 Å². The fourth-order valence-electron chi connectivity index (χ4n) is 2.81. The van der Waals surface area contributed by atoms with Crippen molar-refractivity contribution >= 4 is 5.69 Å². The molecule has 5 heteroatoms. The number of hydrogen-bond donors (Lipinski definition) is 1. The van der Waals surface area contributed by atoms with Gasteiger partial charge in [-0.25, -0.2) is 4.39 Å². The Hall–Kier alpha value is -1.49. The molecule has 1 aromatic carbocycles. The van der Waals surface area contributed by atoms with Crippen molar-refractivity contribution in [2.24, 2.45) is 5.92 Å². The number of benzene rings is 1. The third kappa shape index (κ3) is 3.50. The summed E-state index contributed by atoms with van der Waals surface area (Å²) in [5, 5.41) is 20.9. The normalized spacial score (nSPS) is 17.6. The number of aliphatic hydroxyl groups is 1. The first kappa shape index (κ1) is 13.9. The first-order chi connectivity index (χ1) is 9.08. The molecule has 0 radical (unpaired) electrons. The van der Waals surface area contributed by atoms with E-state index in [1.807, 2.05) is 0 Å². The van der Waals surface area contributed by atoms with E-state index in [2.05, 4.69) is 0 Å². The molecule has 0 bridgehead atoms. The van der Waals surface area contributed by atoms with Crippen molar-refractivity contribution in [2.75, 3.05) is 0 Å². The number of aliphatic hydroxyl groups excluding tert-OH is 1. The van der Waals surface area contributed by atoms with E-state index in [1.165, 1.54) is 12.1 Å². The number of rotatable bonds is 5. The summed E-state index contributed by atoms with van der Waals surface area (Å²) in [5.41, 5.74) is 0.294. The van der Waals surface area contributed by atoms with Crippen molar-refractivity contribution < 1.29 is 14.4 Å². The summed E-state index contributed by atoms with van der Waals surface area (Å²) in [7, 11) is 0. The molecule has 0 saturated heterocycles. The lowest BCUT2D eigenvalue weighted by molar-refractivity contribution is -0.385. The highest BCUT2D eigenvalue weighted by Crippen LogP contribution is 2.30. The Labute approximate surface area is 111 Å². The molecule has 1 N–H and O–H groups in total. The third-order valence-electron chi connectivity index (χ3n) is 3.89. The van der Waals surface area contributed by atoms with Crippen LogP contribution >= 0.6 is 0 Å². The van der Waals surface area contributed by atoms with Crippen LogP contribution in [-0.2, 0) is 6.42 Å². The SMILES string of the molecule is O=[N+]([O-])c1ccc(F)cc1CCC(O)C1CCCC1. The van der Waals surface area contributed by atoms with Crippen LogP contribution in [0.5, 0.6) is 0 Å². The maximum absolute atomic E-state index is 13.2. The molecule has 19 heavy (non-hydrogen) atoms. The first-order valence-electron chi connectivity index (χ1n) is 6.69. The third-order valence-corrected chi connectivity index (χ3v) is 3.89. The molecule has 0 aliphatic heterocycles. The second-order valence-corrected chi connectivity index (χ2v) is 5.18. The summed E-state index contributed by atoms with van der Waals surface area (Å²) in [6.07, 6.45) is 4.67. The Morgan fingerprint density at radius 1 is 1.42 bits per heavy atom. The smallest absolute Gasteiger partial charge is 0.272 e. The van der Waals surface area contributed by atoms with Gasteiger partial charge in [-0.15, -0.1) is 0 Å². The summed E-state index contributed by atoms with van der Waals surface area (Å²) >= 11 is 0. The molecule has 1 fully saturated rings. The monoisotopic (exact) mass is 267 g/mol. The van der Waals surface area contributed by atoms with Crippen molar-refractivity contribution in [1.82, 2.24) is 0 Å². The van der Waals surface area contributed by atoms with Gasteiger partial charge < -0.3 is 5.11 Å². The Balaban J connectivity index is 2.01. The highest BCUT2D eigenvalue weighted by Gasteiger charge is 2.24. The highest BCUT2D eigenvalue weighted by molar-refractivity contribution is 5.40. The highest BCUT2D eigenvalue weighted by atomic mass is 19.1. The lowest BCUT2D eigenvalue weighted by Crippen LogP contribution is -2.18. The summed E-state index contributed by atoms with van der Waals surface area (Å²) in [4.78, 5) is 10.4. The molecule has 0 aromatic heterocycles. The summed E-state index contributed by atoms with van der Waals surface area (Å²) in [6, 6.07) is 3.47. The second-order valence-electron chi connectivity index (χ2n) is 5.18. The molecular weight excluding hydrogens is 249 g/mol. The predicted octanol–water partition coefficient (Wildman–Crippen LogP) is 3.22. The number of nitro groups is 1. The van der Waals surface area contributed by atoms with Gasteiger partial charge in [0, 0.05) is 11.6 Å². The molecular formula is C14H18FNO3. The number of aryl methyl sites for hydroxylation is 1. The van der Waals surface area contributed by atoms with Crippen LogP contribution in [0.3, 0.4) is 0 Å². The molecule has 4 nitrogen and oxygen atoms in total. The van der Waals surface area contributed by atoms with Gasteiger partial charge in [-0.2, -0.15) is 0 Å². The van der Waals surface area contributed by atoms with Crippen molar-refractivity contribution in [3.63, 3.8) is 0 Å². The fourth-order valence-corrected chi connectivity index (χ4v) is 2.81. The quantitative estimate of drug-likeness (QED) is 0.658. The molecule has 2 rings (SSSR count). The zero-order valence-corrected chi connectivity index (χ0v) is 10.7. The molecule has 1 aliphatic carbocycles. The fraction of sp³-hybridized carbons (Fsp3) is 0.571. The predicted molar refractivity (Wildman–Crippen MR) is 69.3 cm³/mol. The van der Waals surface area contributed by atoms with E-state index in [0.717, 1.165) is 31.7 Å². The van der Waals surface area contributed by atoms with Gasteiger partial charge >= 0.3 is 0 Å². The molecule has 1 aliphatic rings. The van der Waals surface area contributed by atoms with Gasteiger partial charge in [-0.3, -0.25) is 10.1 Å². The number of nitrogens with zero attached hydrogens (tertiary/aromatic N) is 1. The van der Waals surface area contributed by atoms with E-state index in [4.69, 9.17) is 0 Å². The summed E-state index contributed by atoms with van der Waals surface area (Å²) in [6.45, 7) is 0. The molecule has 1 saturated carbocycles. The van der Waals surface area contributed by atoms with Crippen LogP contribution in [0, 0.1) is 21.8 Å². The zero-order valence-electron chi connectivity index (χ0n) is 10.7. The van der Waals surface area contributed by atoms with E-state index in [-0.39, 0.29) is 5.69 Å². The molecule has 104 valence electrons. The van der Waals surface area contributed by atoms with Crippen LogP contribution in [0.25, 0.3) is 0 Å². The van der Waals surface area contributed by atoms with Crippen LogP contribution in [0.15, 0.2) is 18.2 Å². The number of hydrogen-bond acceptors (Lipinski definition) is 3. The van der Waals surface area contributed by atoms with E-state index in [9.17, 15) is 19.6 Å². The van der Waals surface area contributed by atoms with E-state index in [1.54, 1.807) is 0 Å². The minimum atomic E-state index is -0.503. The molecule has 0 heterocycles. The van der Waals surface area contributed by atoms with Gasteiger partial charge in [0.2, 0.25) is 0 Å². The number of nitro benzene ring substituents is 1. The lowest BCUT2D eigenvalue weighted by atomic mass is 9.94. The Morgan fingerprint density at radius 2 is 2.11 bits per heavy atom. The van der Waals surface area contributed by atoms with Gasteiger partial charge in [-0.1, -0.05) is 12.8 Å². The largest absolute Gasteiger partial charge is 0.393 e. The van der Waals surface area contributed by atoms with Gasteiger partial charge in [0.25, 0.3) is 5.69 Å². The topological polar surface area (TPSA) is 63.4 Å². The molecule has 1 aromatic rings. The van der Waals surface area contributed by atoms with Gasteiger partial charge in [0.15, 0.2) is 0 Å². The summed E-state index contributed by atoms with van der Waals surface area (Å²) < 4.78 is 13.2. The maximum atomic E-state index is 13.2. The van der Waals surface area contributed by atoms with Gasteiger partial charge in [0.1, 0.15) is 5.82 Å². The van der Waals surface area contributed by atoms with Gasteiger partial charge in [0.05, 0.1) is 11.0 Å². The maximum Gasteiger partial charge on any atom is 0.272 e. The van der Waals surface area contributed by atoms with Crippen LogP contribution in [0.1, 0.15) is 37.7 Å². The average Bonchev–Trinajstić information content (AvgIpc) is 2.89. The zero-order chi connectivity index (χ0) is 13.8. The molecule has 0 spiro atoms. The van der Waals surface area contributed by atoms with Crippen LogP contribution in [-0.4, -0.2) is 16.1 Å². The van der Waals surface area contributed by atoms with E-state index in [0.29, 0.717) is 24.3 Å². The van der Waals surface area contributed by atoms with Crippen LogP contribution < -0.4 is 0 Å². The first-order valence-corrected chi connectivity index (χ1v) is 6.69. The molecule has 0 amide bonds.